The van der Waals surface area contributed by atoms with Crippen LogP contribution >= 0.6 is 0 Å². The van der Waals surface area contributed by atoms with E-state index in [9.17, 15) is 9.59 Å². The number of carbonyl (C=O) groups excluding carboxylic acids is 2. The van der Waals surface area contributed by atoms with Gasteiger partial charge in [-0.1, -0.05) is 0 Å². The minimum Gasteiger partial charge on any atom is -0.383 e. The normalized spacial score (nSPS) is 13.2. The molecule has 0 rings (SSSR count). The van der Waals surface area contributed by atoms with Crippen LogP contribution in [-0.4, -0.2) is 43.7 Å². The number of rotatable bonds is 7. The SMILES string of the molecule is COCCNC(=O)C(C)NC(C)(C)C(N)=O. The third kappa shape index (κ3) is 5.09. The van der Waals surface area contributed by atoms with Crippen molar-refractivity contribution in [1.29, 1.82) is 0 Å². The van der Waals surface area contributed by atoms with Crippen LogP contribution in [0.15, 0.2) is 0 Å². The molecule has 0 saturated heterocycles. The number of ether oxygens (including phenoxy) is 1. The second-order valence-corrected chi connectivity index (χ2v) is 4.14. The molecule has 0 aromatic heterocycles. The molecule has 94 valence electrons. The van der Waals surface area contributed by atoms with Gasteiger partial charge in [0.1, 0.15) is 0 Å². The van der Waals surface area contributed by atoms with Crippen molar-refractivity contribution in [1.82, 2.24) is 10.6 Å². The summed E-state index contributed by atoms with van der Waals surface area (Å²) in [6, 6.07) is -0.487. The lowest BCUT2D eigenvalue weighted by Crippen LogP contribution is -2.57. The summed E-state index contributed by atoms with van der Waals surface area (Å²) in [4.78, 5) is 22.6. The summed E-state index contributed by atoms with van der Waals surface area (Å²) in [5.41, 5.74) is 4.28. The van der Waals surface area contributed by atoms with Gasteiger partial charge in [0.2, 0.25) is 11.8 Å². The van der Waals surface area contributed by atoms with Gasteiger partial charge in [-0.25, -0.2) is 0 Å². The number of amides is 2. The molecule has 0 aromatic rings. The smallest absolute Gasteiger partial charge is 0.237 e. The van der Waals surface area contributed by atoms with Gasteiger partial charge >= 0.3 is 0 Å². The van der Waals surface area contributed by atoms with Crippen molar-refractivity contribution in [2.45, 2.75) is 32.4 Å². The standard InChI is InChI=1S/C10H21N3O3/c1-7(8(14)12-5-6-16-4)13-10(2,3)9(11)15/h7,13H,5-6H2,1-4H3,(H2,11,15)(H,12,14). The number of hydrogen-bond donors (Lipinski definition) is 3. The minimum absolute atomic E-state index is 0.189. The molecule has 6 heteroatoms. The maximum absolute atomic E-state index is 11.5. The molecule has 16 heavy (non-hydrogen) atoms. The molecule has 0 radical (unpaired) electrons. The van der Waals surface area contributed by atoms with E-state index < -0.39 is 17.5 Å². The van der Waals surface area contributed by atoms with E-state index in [2.05, 4.69) is 10.6 Å². The van der Waals surface area contributed by atoms with E-state index >= 15 is 0 Å². The first kappa shape index (κ1) is 14.9. The van der Waals surface area contributed by atoms with E-state index in [0.29, 0.717) is 13.2 Å². The van der Waals surface area contributed by atoms with E-state index in [0.717, 1.165) is 0 Å². The first-order valence-electron chi connectivity index (χ1n) is 5.15. The molecule has 0 spiro atoms. The highest BCUT2D eigenvalue weighted by Crippen LogP contribution is 2.02. The van der Waals surface area contributed by atoms with Crippen LogP contribution in [0.1, 0.15) is 20.8 Å². The zero-order chi connectivity index (χ0) is 12.8. The molecule has 2 amide bonds. The van der Waals surface area contributed by atoms with Gasteiger partial charge in [-0.3, -0.25) is 14.9 Å². The summed E-state index contributed by atoms with van der Waals surface area (Å²) in [5.74, 6) is -0.685. The largest absolute Gasteiger partial charge is 0.383 e. The highest BCUT2D eigenvalue weighted by atomic mass is 16.5. The molecule has 0 saturated carbocycles. The van der Waals surface area contributed by atoms with E-state index in [1.165, 1.54) is 0 Å². The van der Waals surface area contributed by atoms with Crippen molar-refractivity contribution in [2.75, 3.05) is 20.3 Å². The molecule has 0 aliphatic carbocycles. The first-order valence-corrected chi connectivity index (χ1v) is 5.15. The summed E-state index contributed by atoms with van der Waals surface area (Å²) >= 11 is 0. The van der Waals surface area contributed by atoms with Gasteiger partial charge in [-0.2, -0.15) is 0 Å². The summed E-state index contributed by atoms with van der Waals surface area (Å²) in [5, 5.41) is 5.52. The second kappa shape index (κ2) is 6.44. The van der Waals surface area contributed by atoms with Crippen LogP contribution in [0.2, 0.25) is 0 Å². The number of methoxy groups -OCH3 is 1. The molecular formula is C10H21N3O3. The predicted octanol–water partition coefficient (Wildman–Crippen LogP) is -1.01. The molecule has 0 aliphatic heterocycles. The monoisotopic (exact) mass is 231 g/mol. The lowest BCUT2D eigenvalue weighted by atomic mass is 10.0. The molecule has 0 aliphatic rings. The first-order chi connectivity index (χ1) is 7.31. The molecule has 0 bridgehead atoms. The van der Waals surface area contributed by atoms with Gasteiger partial charge in [0.25, 0.3) is 0 Å². The Bertz CT molecular complexity index is 254. The third-order valence-electron chi connectivity index (χ3n) is 2.19. The molecule has 1 unspecified atom stereocenters. The maximum Gasteiger partial charge on any atom is 0.237 e. The molecule has 0 aromatic carbocycles. The number of primary amides is 1. The van der Waals surface area contributed by atoms with Gasteiger partial charge in [0.05, 0.1) is 18.2 Å². The van der Waals surface area contributed by atoms with Crippen molar-refractivity contribution >= 4 is 11.8 Å². The Kier molecular flexibility index (Phi) is 5.98. The fourth-order valence-corrected chi connectivity index (χ4v) is 1.11. The zero-order valence-electron chi connectivity index (χ0n) is 10.3. The van der Waals surface area contributed by atoms with Crippen molar-refractivity contribution in [2.24, 2.45) is 5.73 Å². The van der Waals surface area contributed by atoms with Gasteiger partial charge in [0, 0.05) is 13.7 Å². The van der Waals surface area contributed by atoms with Crippen LogP contribution in [-0.2, 0) is 14.3 Å². The third-order valence-corrected chi connectivity index (χ3v) is 2.19. The average Bonchev–Trinajstić information content (AvgIpc) is 2.17. The summed E-state index contributed by atoms with van der Waals surface area (Å²) < 4.78 is 4.80. The summed E-state index contributed by atoms with van der Waals surface area (Å²) in [6.07, 6.45) is 0. The Morgan fingerprint density at radius 2 is 2.00 bits per heavy atom. The Balaban J connectivity index is 4.10. The van der Waals surface area contributed by atoms with Gasteiger partial charge in [-0.15, -0.1) is 0 Å². The fraction of sp³-hybridized carbons (Fsp3) is 0.800. The van der Waals surface area contributed by atoms with Gasteiger partial charge < -0.3 is 15.8 Å². The Labute approximate surface area is 95.9 Å². The molecule has 6 nitrogen and oxygen atoms in total. The highest BCUT2D eigenvalue weighted by molar-refractivity contribution is 5.86. The van der Waals surface area contributed by atoms with Crippen LogP contribution in [0.3, 0.4) is 0 Å². The number of nitrogens with two attached hydrogens (primary N) is 1. The van der Waals surface area contributed by atoms with E-state index in [-0.39, 0.29) is 5.91 Å². The van der Waals surface area contributed by atoms with Crippen LogP contribution < -0.4 is 16.4 Å². The van der Waals surface area contributed by atoms with E-state index in [1.54, 1.807) is 27.9 Å². The molecule has 0 heterocycles. The van der Waals surface area contributed by atoms with Gasteiger partial charge in [0.15, 0.2) is 0 Å². The second-order valence-electron chi connectivity index (χ2n) is 4.14. The minimum atomic E-state index is -0.905. The van der Waals surface area contributed by atoms with Crippen LogP contribution in [0.4, 0.5) is 0 Å². The Morgan fingerprint density at radius 3 is 2.44 bits per heavy atom. The van der Waals surface area contributed by atoms with Crippen LogP contribution in [0.5, 0.6) is 0 Å². The molecule has 1 atom stereocenters. The Hall–Kier alpha value is -1.14. The molecule has 4 N–H and O–H groups in total. The average molecular weight is 231 g/mol. The summed E-state index contributed by atoms with van der Waals surface area (Å²) in [6.45, 7) is 5.84. The van der Waals surface area contributed by atoms with E-state index in [4.69, 9.17) is 10.5 Å². The highest BCUT2D eigenvalue weighted by Gasteiger charge is 2.28. The molecular weight excluding hydrogens is 210 g/mol. The number of carbonyl (C=O) groups is 2. The van der Waals surface area contributed by atoms with E-state index in [1.807, 2.05) is 0 Å². The lowest BCUT2D eigenvalue weighted by Gasteiger charge is -2.26. The summed E-state index contributed by atoms with van der Waals surface area (Å²) in [7, 11) is 1.56. The van der Waals surface area contributed by atoms with Crippen LogP contribution in [0.25, 0.3) is 0 Å². The number of hydrogen-bond acceptors (Lipinski definition) is 4. The van der Waals surface area contributed by atoms with Crippen molar-refractivity contribution in [3.63, 3.8) is 0 Å². The lowest BCUT2D eigenvalue weighted by molar-refractivity contribution is -0.126. The molecule has 0 fully saturated rings. The van der Waals surface area contributed by atoms with Crippen molar-refractivity contribution < 1.29 is 14.3 Å². The number of nitrogens with one attached hydrogen (secondary N) is 2. The topological polar surface area (TPSA) is 93.4 Å². The van der Waals surface area contributed by atoms with Crippen molar-refractivity contribution in [3.8, 4) is 0 Å². The van der Waals surface area contributed by atoms with Crippen molar-refractivity contribution in [3.05, 3.63) is 0 Å². The fourth-order valence-electron chi connectivity index (χ4n) is 1.11. The quantitative estimate of drug-likeness (QED) is 0.489. The predicted molar refractivity (Wildman–Crippen MR) is 60.8 cm³/mol. The Morgan fingerprint density at radius 1 is 1.44 bits per heavy atom. The maximum atomic E-state index is 11.5. The van der Waals surface area contributed by atoms with Crippen LogP contribution in [0, 0.1) is 0 Å². The van der Waals surface area contributed by atoms with Gasteiger partial charge in [-0.05, 0) is 20.8 Å². The zero-order valence-corrected chi connectivity index (χ0v) is 10.3.